The normalized spacial score (nSPS) is 20.9. The number of pyridine rings is 1. The van der Waals surface area contributed by atoms with E-state index in [1.807, 2.05) is 23.1 Å². The fraction of sp³-hybridized carbons (Fsp3) is 0.444. The lowest BCUT2D eigenvalue weighted by Crippen LogP contribution is -2.39. The van der Waals surface area contributed by atoms with Crippen LogP contribution in [0.3, 0.4) is 0 Å². The smallest absolute Gasteiger partial charge is 0.263 e. The fourth-order valence-electron chi connectivity index (χ4n) is 3.05. The topological polar surface area (TPSA) is 51.7 Å². The molecule has 0 bridgehead atoms. The van der Waals surface area contributed by atoms with Crippen molar-refractivity contribution in [1.82, 2.24) is 9.88 Å². The minimum atomic E-state index is -0.488. The molecule has 23 heavy (non-hydrogen) atoms. The number of hydrogen-bond acceptors (Lipinski definition) is 4. The number of amides is 1. The van der Waals surface area contributed by atoms with Gasteiger partial charge in [-0.25, -0.2) is 4.98 Å². The summed E-state index contributed by atoms with van der Waals surface area (Å²) in [5, 5.41) is 1.00. The van der Waals surface area contributed by atoms with Gasteiger partial charge in [-0.1, -0.05) is 0 Å². The highest BCUT2D eigenvalue weighted by Gasteiger charge is 2.33. The van der Waals surface area contributed by atoms with Gasteiger partial charge in [-0.15, -0.1) is 0 Å². The Bertz CT molecular complexity index is 770. The van der Waals surface area contributed by atoms with Crippen LogP contribution in [-0.2, 0) is 11.3 Å². The van der Waals surface area contributed by atoms with Crippen LogP contribution < -0.4 is 9.47 Å². The molecule has 2 aliphatic rings. The molecule has 0 radical (unpaired) electrons. The van der Waals surface area contributed by atoms with Gasteiger partial charge < -0.3 is 14.4 Å². The van der Waals surface area contributed by atoms with Gasteiger partial charge in [-0.2, -0.15) is 0 Å². The lowest BCUT2D eigenvalue weighted by Gasteiger charge is -2.21. The number of fused-ring (bicyclic) bond motifs is 2. The van der Waals surface area contributed by atoms with E-state index in [1.165, 1.54) is 12.8 Å². The number of hydrogen-bond donors (Lipinski definition) is 0. The van der Waals surface area contributed by atoms with E-state index in [1.54, 1.807) is 14.0 Å². The molecule has 1 aliphatic heterocycles. The first-order chi connectivity index (χ1) is 11.1. The molecule has 0 saturated heterocycles. The van der Waals surface area contributed by atoms with Crippen LogP contribution in [0.2, 0.25) is 0 Å². The summed E-state index contributed by atoms with van der Waals surface area (Å²) in [6.07, 6.45) is 1.95. The predicted octanol–water partition coefficient (Wildman–Crippen LogP) is 2.76. The Labute approximate surface area is 135 Å². The first kappa shape index (κ1) is 14.3. The molecule has 1 aliphatic carbocycles. The molecule has 5 nitrogen and oxygen atoms in total. The quantitative estimate of drug-likeness (QED) is 0.874. The molecular weight excluding hydrogens is 292 g/mol. The second kappa shape index (κ2) is 5.41. The molecule has 1 amide bonds. The van der Waals surface area contributed by atoms with Gasteiger partial charge >= 0.3 is 0 Å². The molecule has 5 heteroatoms. The average Bonchev–Trinajstić information content (AvgIpc) is 3.37. The van der Waals surface area contributed by atoms with Crippen LogP contribution >= 0.6 is 0 Å². The number of methoxy groups -OCH3 is 1. The zero-order chi connectivity index (χ0) is 16.0. The first-order valence-electron chi connectivity index (χ1n) is 8.07. The van der Waals surface area contributed by atoms with E-state index < -0.39 is 6.10 Å². The highest BCUT2D eigenvalue weighted by Crippen LogP contribution is 2.33. The minimum Gasteiger partial charge on any atom is -0.497 e. The van der Waals surface area contributed by atoms with Gasteiger partial charge in [0.15, 0.2) is 6.10 Å². The van der Waals surface area contributed by atoms with E-state index in [-0.39, 0.29) is 5.91 Å². The molecule has 4 rings (SSSR count). The standard InChI is InChI=1S/C18H20N2O3/c1-11-18(21)20(9-12-3-4-12)10-14-7-13-8-15(22-2)5-6-16(13)19-17(14)23-11/h5-8,11-12H,3-4,9-10H2,1-2H3. The van der Waals surface area contributed by atoms with Gasteiger partial charge in [0, 0.05) is 17.5 Å². The van der Waals surface area contributed by atoms with Crippen molar-refractivity contribution in [2.45, 2.75) is 32.4 Å². The highest BCUT2D eigenvalue weighted by molar-refractivity contribution is 5.84. The highest BCUT2D eigenvalue weighted by atomic mass is 16.5. The Morgan fingerprint density at radius 2 is 2.17 bits per heavy atom. The number of rotatable bonds is 3. The third-order valence-electron chi connectivity index (χ3n) is 4.55. The SMILES string of the molecule is COc1ccc2nc3c(cc2c1)CN(CC1CC1)C(=O)C(C)O3. The zero-order valence-electron chi connectivity index (χ0n) is 13.4. The van der Waals surface area contributed by atoms with Crippen molar-refractivity contribution in [1.29, 1.82) is 0 Å². The molecule has 1 aromatic heterocycles. The van der Waals surface area contributed by atoms with Crippen LogP contribution in [0.15, 0.2) is 24.3 Å². The van der Waals surface area contributed by atoms with Gasteiger partial charge in [0.2, 0.25) is 5.88 Å². The van der Waals surface area contributed by atoms with Crippen molar-refractivity contribution in [3.05, 3.63) is 29.8 Å². The van der Waals surface area contributed by atoms with Gasteiger partial charge in [-0.3, -0.25) is 4.79 Å². The van der Waals surface area contributed by atoms with Crippen molar-refractivity contribution >= 4 is 16.8 Å². The summed E-state index contributed by atoms with van der Waals surface area (Å²) in [4.78, 5) is 19.1. The number of aromatic nitrogens is 1. The zero-order valence-corrected chi connectivity index (χ0v) is 13.4. The predicted molar refractivity (Wildman–Crippen MR) is 86.5 cm³/mol. The van der Waals surface area contributed by atoms with E-state index in [2.05, 4.69) is 11.1 Å². The van der Waals surface area contributed by atoms with E-state index >= 15 is 0 Å². The maximum atomic E-state index is 12.5. The van der Waals surface area contributed by atoms with Crippen molar-refractivity contribution in [2.75, 3.05) is 13.7 Å². The Morgan fingerprint density at radius 1 is 1.35 bits per heavy atom. The molecule has 120 valence electrons. The summed E-state index contributed by atoms with van der Waals surface area (Å²) in [6, 6.07) is 7.82. The molecule has 1 atom stereocenters. The number of benzene rings is 1. The maximum absolute atomic E-state index is 12.5. The van der Waals surface area contributed by atoms with Gasteiger partial charge in [-0.05, 0) is 49.9 Å². The first-order valence-corrected chi connectivity index (χ1v) is 8.07. The summed E-state index contributed by atoms with van der Waals surface area (Å²) in [6.45, 7) is 3.19. The van der Waals surface area contributed by atoms with E-state index in [0.717, 1.165) is 28.8 Å². The molecule has 1 fully saturated rings. The number of ether oxygens (including phenoxy) is 2. The number of carbonyl (C=O) groups is 1. The molecule has 1 aromatic carbocycles. The number of nitrogens with zero attached hydrogens (tertiary/aromatic N) is 2. The largest absolute Gasteiger partial charge is 0.497 e. The molecule has 2 heterocycles. The van der Waals surface area contributed by atoms with Crippen LogP contribution in [0, 0.1) is 5.92 Å². The molecule has 1 saturated carbocycles. The molecule has 0 N–H and O–H groups in total. The van der Waals surface area contributed by atoms with E-state index in [4.69, 9.17) is 9.47 Å². The Hall–Kier alpha value is -2.30. The third kappa shape index (κ3) is 2.71. The maximum Gasteiger partial charge on any atom is 0.263 e. The average molecular weight is 312 g/mol. The van der Waals surface area contributed by atoms with Crippen molar-refractivity contribution in [2.24, 2.45) is 5.92 Å². The molecule has 0 spiro atoms. The van der Waals surface area contributed by atoms with Gasteiger partial charge in [0.1, 0.15) is 5.75 Å². The second-order valence-electron chi connectivity index (χ2n) is 6.43. The van der Waals surface area contributed by atoms with Crippen molar-refractivity contribution in [3.63, 3.8) is 0 Å². The summed E-state index contributed by atoms with van der Waals surface area (Å²) >= 11 is 0. The molecular formula is C18H20N2O3. The number of carbonyl (C=O) groups excluding carboxylic acids is 1. The van der Waals surface area contributed by atoms with E-state index in [9.17, 15) is 4.79 Å². The molecule has 1 unspecified atom stereocenters. The third-order valence-corrected chi connectivity index (χ3v) is 4.55. The lowest BCUT2D eigenvalue weighted by molar-refractivity contribution is -0.137. The molecule has 2 aromatic rings. The summed E-state index contributed by atoms with van der Waals surface area (Å²) in [7, 11) is 1.65. The summed E-state index contributed by atoms with van der Waals surface area (Å²) < 4.78 is 11.1. The van der Waals surface area contributed by atoms with E-state index in [0.29, 0.717) is 18.3 Å². The Kier molecular flexibility index (Phi) is 3.36. The van der Waals surface area contributed by atoms with Gasteiger partial charge in [0.05, 0.1) is 19.2 Å². The lowest BCUT2D eigenvalue weighted by atomic mass is 10.1. The fourth-order valence-corrected chi connectivity index (χ4v) is 3.05. The summed E-state index contributed by atoms with van der Waals surface area (Å²) in [5.74, 6) is 2.08. The van der Waals surface area contributed by atoms with Crippen LogP contribution in [0.1, 0.15) is 25.3 Å². The monoisotopic (exact) mass is 312 g/mol. The van der Waals surface area contributed by atoms with Crippen LogP contribution in [0.5, 0.6) is 11.6 Å². The van der Waals surface area contributed by atoms with Crippen molar-refractivity contribution in [3.8, 4) is 11.6 Å². The van der Waals surface area contributed by atoms with Crippen molar-refractivity contribution < 1.29 is 14.3 Å². The van der Waals surface area contributed by atoms with Crippen LogP contribution in [0.4, 0.5) is 0 Å². The summed E-state index contributed by atoms with van der Waals surface area (Å²) in [5.41, 5.74) is 1.81. The second-order valence-corrected chi connectivity index (χ2v) is 6.43. The minimum absolute atomic E-state index is 0.0523. The Morgan fingerprint density at radius 3 is 2.91 bits per heavy atom. The van der Waals surface area contributed by atoms with Crippen LogP contribution in [0.25, 0.3) is 10.9 Å². The van der Waals surface area contributed by atoms with Gasteiger partial charge in [0.25, 0.3) is 5.91 Å². The van der Waals surface area contributed by atoms with Crippen LogP contribution in [-0.4, -0.2) is 35.5 Å². The Balaban J connectivity index is 1.75.